The summed E-state index contributed by atoms with van der Waals surface area (Å²) in [6.07, 6.45) is 2.01. The first-order chi connectivity index (χ1) is 9.62. The van der Waals surface area contributed by atoms with Crippen molar-refractivity contribution in [3.63, 3.8) is 0 Å². The number of ether oxygens (including phenoxy) is 1. The second-order valence-corrected chi connectivity index (χ2v) is 4.67. The molecule has 0 amide bonds. The molecular formula is C13H15N5O2. The smallest absolute Gasteiger partial charge is 0.160 e. The van der Waals surface area contributed by atoms with Gasteiger partial charge in [-0.3, -0.25) is 9.93 Å². The van der Waals surface area contributed by atoms with Gasteiger partial charge in [0.25, 0.3) is 0 Å². The summed E-state index contributed by atoms with van der Waals surface area (Å²) in [6, 6.07) is 7.63. The third-order valence-electron chi connectivity index (χ3n) is 3.29. The van der Waals surface area contributed by atoms with Gasteiger partial charge in [0.2, 0.25) is 0 Å². The third kappa shape index (κ3) is 1.97. The molecule has 0 aromatic heterocycles. The molecule has 2 aliphatic rings. The minimum atomic E-state index is -0.990. The van der Waals surface area contributed by atoms with E-state index in [9.17, 15) is 0 Å². The highest BCUT2D eigenvalue weighted by atomic mass is 16.8. The quantitative estimate of drug-likeness (QED) is 0.720. The predicted molar refractivity (Wildman–Crippen MR) is 75.0 cm³/mol. The van der Waals surface area contributed by atoms with Crippen LogP contribution in [0.4, 0.5) is 0 Å². The van der Waals surface area contributed by atoms with E-state index in [2.05, 4.69) is 15.6 Å². The number of nitrogens with zero attached hydrogens (tertiary/aromatic N) is 2. The first kappa shape index (κ1) is 12.5. The Balaban J connectivity index is 1.88. The molecule has 104 valence electrons. The second-order valence-electron chi connectivity index (χ2n) is 4.67. The molecule has 2 heterocycles. The molecule has 2 aliphatic heterocycles. The summed E-state index contributed by atoms with van der Waals surface area (Å²) in [6.45, 7) is 0. The monoisotopic (exact) mass is 273 g/mol. The maximum absolute atomic E-state index is 6.34. The number of benzene rings is 1. The summed E-state index contributed by atoms with van der Waals surface area (Å²) in [5, 5.41) is 3.90. The van der Waals surface area contributed by atoms with Gasteiger partial charge in [0.05, 0.1) is 12.8 Å². The van der Waals surface area contributed by atoms with E-state index < -0.39 is 5.66 Å². The van der Waals surface area contributed by atoms with Crippen LogP contribution in [0.25, 0.3) is 0 Å². The summed E-state index contributed by atoms with van der Waals surface area (Å²) in [5.74, 6) is 0.792. The van der Waals surface area contributed by atoms with E-state index in [1.165, 1.54) is 6.21 Å². The first-order valence-electron chi connectivity index (χ1n) is 6.10. The van der Waals surface area contributed by atoms with E-state index in [1.54, 1.807) is 7.11 Å². The lowest BCUT2D eigenvalue weighted by Crippen LogP contribution is -2.51. The molecule has 7 nitrogen and oxygen atoms in total. The SMILES string of the molecule is COc1ccc(CC2(N)N=CC(N)=C3NON=C32)cc1. The van der Waals surface area contributed by atoms with Gasteiger partial charge in [0.1, 0.15) is 11.4 Å². The predicted octanol–water partition coefficient (Wildman–Crippen LogP) is 0.0382. The number of methoxy groups -OCH3 is 1. The van der Waals surface area contributed by atoms with Gasteiger partial charge in [-0.2, -0.15) is 5.48 Å². The van der Waals surface area contributed by atoms with Crippen molar-refractivity contribution >= 4 is 11.9 Å². The zero-order valence-electron chi connectivity index (χ0n) is 11.0. The average Bonchev–Trinajstić information content (AvgIpc) is 2.96. The van der Waals surface area contributed by atoms with Crippen molar-refractivity contribution in [3.8, 4) is 5.75 Å². The summed E-state index contributed by atoms with van der Waals surface area (Å²) < 4.78 is 5.13. The van der Waals surface area contributed by atoms with Crippen molar-refractivity contribution in [2.75, 3.05) is 7.11 Å². The molecule has 0 aliphatic carbocycles. The number of nitrogens with one attached hydrogen (secondary N) is 1. The summed E-state index contributed by atoms with van der Waals surface area (Å²) in [7, 11) is 1.63. The van der Waals surface area contributed by atoms with Crippen molar-refractivity contribution in [2.24, 2.45) is 21.6 Å². The van der Waals surface area contributed by atoms with Crippen LogP contribution in [0.5, 0.6) is 5.75 Å². The molecule has 3 rings (SSSR count). The largest absolute Gasteiger partial charge is 0.497 e. The molecule has 1 aromatic carbocycles. The molecule has 0 saturated heterocycles. The average molecular weight is 273 g/mol. The van der Waals surface area contributed by atoms with E-state index in [1.807, 2.05) is 24.3 Å². The van der Waals surface area contributed by atoms with Crippen molar-refractivity contribution in [1.82, 2.24) is 5.48 Å². The number of hydrogen-bond acceptors (Lipinski definition) is 7. The Morgan fingerprint density at radius 2 is 2.10 bits per heavy atom. The van der Waals surface area contributed by atoms with E-state index in [0.717, 1.165) is 11.3 Å². The van der Waals surface area contributed by atoms with Crippen molar-refractivity contribution in [3.05, 3.63) is 41.2 Å². The lowest BCUT2D eigenvalue weighted by molar-refractivity contribution is 0.0900. The molecular weight excluding hydrogens is 258 g/mol. The zero-order chi connectivity index (χ0) is 14.2. The maximum Gasteiger partial charge on any atom is 0.160 e. The fourth-order valence-corrected chi connectivity index (χ4v) is 2.19. The summed E-state index contributed by atoms with van der Waals surface area (Å²) in [4.78, 5) is 9.16. The van der Waals surface area contributed by atoms with E-state index in [-0.39, 0.29) is 0 Å². The lowest BCUT2D eigenvalue weighted by atomic mass is 9.92. The standard InChI is InChI=1S/C13H15N5O2/c1-19-9-4-2-8(3-5-9)6-13(15)12-11(17-20-18-12)10(14)7-16-13/h2-5,7,17H,6,14-15H2,1H3. The van der Waals surface area contributed by atoms with E-state index >= 15 is 0 Å². The first-order valence-corrected chi connectivity index (χ1v) is 6.10. The van der Waals surface area contributed by atoms with Crippen LogP contribution in [-0.2, 0) is 11.4 Å². The molecule has 1 unspecified atom stereocenters. The molecule has 1 atom stereocenters. The van der Waals surface area contributed by atoms with Gasteiger partial charge in [-0.15, -0.1) is 0 Å². The highest BCUT2D eigenvalue weighted by Crippen LogP contribution is 2.25. The van der Waals surface area contributed by atoms with Gasteiger partial charge < -0.3 is 16.2 Å². The van der Waals surface area contributed by atoms with Crippen molar-refractivity contribution < 1.29 is 9.68 Å². The molecule has 1 aromatic rings. The summed E-state index contributed by atoms with van der Waals surface area (Å²) >= 11 is 0. The van der Waals surface area contributed by atoms with Crippen molar-refractivity contribution in [2.45, 2.75) is 12.1 Å². The maximum atomic E-state index is 6.34. The minimum Gasteiger partial charge on any atom is -0.497 e. The Bertz CT molecular complexity index is 620. The number of nitrogens with two attached hydrogens (primary N) is 2. The van der Waals surface area contributed by atoms with Gasteiger partial charge in [0, 0.05) is 12.6 Å². The Morgan fingerprint density at radius 1 is 1.35 bits per heavy atom. The second kappa shape index (κ2) is 4.53. The number of rotatable bonds is 3. The van der Waals surface area contributed by atoms with Crippen LogP contribution in [0.1, 0.15) is 5.56 Å². The zero-order valence-corrected chi connectivity index (χ0v) is 11.0. The van der Waals surface area contributed by atoms with Crippen LogP contribution in [-0.4, -0.2) is 24.7 Å². The number of allylic oxidation sites excluding steroid dienone is 1. The number of dihydropyridines is 1. The number of hydroxylamine groups is 1. The summed E-state index contributed by atoms with van der Waals surface area (Å²) in [5.41, 5.74) is 16.3. The molecule has 0 bridgehead atoms. The Morgan fingerprint density at radius 3 is 2.80 bits per heavy atom. The molecule has 0 saturated carbocycles. The van der Waals surface area contributed by atoms with Crippen LogP contribution in [0.2, 0.25) is 0 Å². The normalized spacial score (nSPS) is 23.8. The van der Waals surface area contributed by atoms with Gasteiger partial charge in [0.15, 0.2) is 11.4 Å². The van der Waals surface area contributed by atoms with Crippen LogP contribution >= 0.6 is 0 Å². The molecule has 0 radical (unpaired) electrons. The van der Waals surface area contributed by atoms with Crippen LogP contribution in [0, 0.1) is 0 Å². The highest BCUT2D eigenvalue weighted by Gasteiger charge is 2.40. The van der Waals surface area contributed by atoms with Gasteiger partial charge in [-0.1, -0.05) is 17.3 Å². The number of fused-ring (bicyclic) bond motifs is 1. The van der Waals surface area contributed by atoms with Crippen LogP contribution in [0.3, 0.4) is 0 Å². The number of hydrogen-bond donors (Lipinski definition) is 3. The van der Waals surface area contributed by atoms with Crippen LogP contribution < -0.4 is 21.7 Å². The fourth-order valence-electron chi connectivity index (χ4n) is 2.19. The molecule has 5 N–H and O–H groups in total. The number of oxime groups is 1. The Kier molecular flexibility index (Phi) is 2.83. The highest BCUT2D eigenvalue weighted by molar-refractivity contribution is 6.13. The topological polar surface area (TPSA) is 107 Å². The van der Waals surface area contributed by atoms with Gasteiger partial charge in [-0.05, 0) is 17.7 Å². The van der Waals surface area contributed by atoms with E-state index in [0.29, 0.717) is 23.5 Å². The molecule has 7 heteroatoms. The Labute approximate surface area is 115 Å². The number of aliphatic imine (C=N–C) groups is 1. The molecule has 0 spiro atoms. The minimum absolute atomic E-state index is 0.456. The molecule has 0 fully saturated rings. The van der Waals surface area contributed by atoms with Gasteiger partial charge in [-0.25, -0.2) is 0 Å². The molecule has 20 heavy (non-hydrogen) atoms. The van der Waals surface area contributed by atoms with Gasteiger partial charge >= 0.3 is 0 Å². The van der Waals surface area contributed by atoms with E-state index in [4.69, 9.17) is 21.1 Å². The fraction of sp³-hybridized carbons (Fsp3) is 0.231. The van der Waals surface area contributed by atoms with Crippen molar-refractivity contribution in [1.29, 1.82) is 0 Å². The lowest BCUT2D eigenvalue weighted by Gasteiger charge is -2.27. The van der Waals surface area contributed by atoms with Crippen LogP contribution in [0.15, 0.2) is 45.8 Å². The Hall–Kier alpha value is -2.54. The third-order valence-corrected chi connectivity index (χ3v) is 3.29.